The first-order valence-electron chi connectivity index (χ1n) is 13.5. The fourth-order valence-electron chi connectivity index (χ4n) is 11.2. The van der Waals surface area contributed by atoms with Gasteiger partial charge in [0.05, 0.1) is 0 Å². The third-order valence-electron chi connectivity index (χ3n) is 11.3. The second-order valence-electron chi connectivity index (χ2n) is 13.4. The number of rotatable bonds is 2. The van der Waals surface area contributed by atoms with Crippen molar-refractivity contribution in [2.24, 2.45) is 35.5 Å². The molecule has 2 aromatic carbocycles. The van der Waals surface area contributed by atoms with Crippen molar-refractivity contribution < 1.29 is 10.2 Å². The highest BCUT2D eigenvalue weighted by Crippen LogP contribution is 2.65. The molecule has 0 atom stereocenters. The van der Waals surface area contributed by atoms with Crippen molar-refractivity contribution in [2.45, 2.75) is 87.9 Å². The molecule has 8 aliphatic carbocycles. The highest BCUT2D eigenvalue weighted by atomic mass is 16.3. The van der Waals surface area contributed by atoms with Crippen LogP contribution < -0.4 is 0 Å². The van der Waals surface area contributed by atoms with E-state index in [0.717, 1.165) is 46.3 Å². The van der Waals surface area contributed by atoms with Gasteiger partial charge in [-0.05, 0) is 135 Å². The van der Waals surface area contributed by atoms with Crippen molar-refractivity contribution in [3.05, 3.63) is 35.4 Å². The molecule has 0 unspecified atom stereocenters. The van der Waals surface area contributed by atoms with Gasteiger partial charge in [0, 0.05) is 16.3 Å². The third-order valence-corrected chi connectivity index (χ3v) is 11.3. The Morgan fingerprint density at radius 2 is 1.03 bits per heavy atom. The molecule has 8 aliphatic rings. The van der Waals surface area contributed by atoms with Crippen molar-refractivity contribution in [1.29, 1.82) is 0 Å². The highest BCUT2D eigenvalue weighted by molar-refractivity contribution is 5.97. The van der Waals surface area contributed by atoms with Crippen LogP contribution in [0.1, 0.15) is 88.2 Å². The Morgan fingerprint density at radius 3 is 1.50 bits per heavy atom. The van der Waals surface area contributed by atoms with Gasteiger partial charge in [-0.1, -0.05) is 18.2 Å². The molecular weight excluding hydrogens is 392 g/mol. The summed E-state index contributed by atoms with van der Waals surface area (Å²) in [6.45, 7) is 0. The normalized spacial score (nSPS) is 45.8. The van der Waals surface area contributed by atoms with Gasteiger partial charge in [-0.2, -0.15) is 0 Å². The first-order valence-corrected chi connectivity index (χ1v) is 13.5. The predicted molar refractivity (Wildman–Crippen MR) is 127 cm³/mol. The molecule has 0 heterocycles. The van der Waals surface area contributed by atoms with Gasteiger partial charge in [-0.3, -0.25) is 0 Å². The molecular formula is C30H36O2. The quantitative estimate of drug-likeness (QED) is 0.531. The summed E-state index contributed by atoms with van der Waals surface area (Å²) in [6, 6.07) is 8.33. The zero-order chi connectivity index (χ0) is 21.2. The molecule has 0 aromatic heterocycles. The van der Waals surface area contributed by atoms with Crippen LogP contribution in [0.5, 0.6) is 11.5 Å². The van der Waals surface area contributed by atoms with Crippen LogP contribution >= 0.6 is 0 Å². The van der Waals surface area contributed by atoms with Crippen LogP contribution in [-0.2, 0) is 10.8 Å². The summed E-state index contributed by atoms with van der Waals surface area (Å²) in [4.78, 5) is 0. The van der Waals surface area contributed by atoms with E-state index in [9.17, 15) is 10.2 Å². The van der Waals surface area contributed by atoms with E-state index in [1.54, 1.807) is 0 Å². The smallest absolute Gasteiger partial charge is 0.127 e. The van der Waals surface area contributed by atoms with Crippen LogP contribution in [0.3, 0.4) is 0 Å². The monoisotopic (exact) mass is 428 g/mol. The van der Waals surface area contributed by atoms with Crippen LogP contribution in [-0.4, -0.2) is 10.2 Å². The first-order chi connectivity index (χ1) is 15.5. The summed E-state index contributed by atoms with van der Waals surface area (Å²) in [5.74, 6) is 6.08. The Balaban J connectivity index is 1.37. The van der Waals surface area contributed by atoms with Crippen LogP contribution in [0.25, 0.3) is 10.8 Å². The highest BCUT2D eigenvalue weighted by Gasteiger charge is 2.55. The molecule has 8 fully saturated rings. The molecule has 168 valence electrons. The number of fused-ring (bicyclic) bond motifs is 1. The van der Waals surface area contributed by atoms with E-state index >= 15 is 0 Å². The van der Waals surface area contributed by atoms with Crippen molar-refractivity contribution in [1.82, 2.24) is 0 Å². The lowest BCUT2D eigenvalue weighted by molar-refractivity contribution is -0.00852. The zero-order valence-electron chi connectivity index (χ0n) is 19.2. The fraction of sp³-hybridized carbons (Fsp3) is 0.667. The molecule has 8 bridgehead atoms. The lowest BCUT2D eigenvalue weighted by Crippen LogP contribution is -2.50. The molecule has 2 heteroatoms. The number of hydrogen-bond acceptors (Lipinski definition) is 2. The van der Waals surface area contributed by atoms with E-state index in [-0.39, 0.29) is 10.8 Å². The Morgan fingerprint density at radius 1 is 0.594 bits per heavy atom. The van der Waals surface area contributed by atoms with E-state index < -0.39 is 0 Å². The summed E-state index contributed by atoms with van der Waals surface area (Å²) >= 11 is 0. The van der Waals surface area contributed by atoms with E-state index in [2.05, 4.69) is 12.1 Å². The summed E-state index contributed by atoms with van der Waals surface area (Å²) in [6.07, 6.45) is 16.3. The van der Waals surface area contributed by atoms with Gasteiger partial charge < -0.3 is 10.2 Å². The van der Waals surface area contributed by atoms with Gasteiger partial charge in [0.1, 0.15) is 11.5 Å². The van der Waals surface area contributed by atoms with Crippen LogP contribution in [0, 0.1) is 35.5 Å². The zero-order valence-corrected chi connectivity index (χ0v) is 19.2. The van der Waals surface area contributed by atoms with Crippen molar-refractivity contribution >= 4 is 10.8 Å². The molecule has 8 saturated carbocycles. The maximum Gasteiger partial charge on any atom is 0.127 e. The molecule has 0 amide bonds. The van der Waals surface area contributed by atoms with E-state index in [0.29, 0.717) is 11.5 Å². The second kappa shape index (κ2) is 6.05. The minimum Gasteiger partial charge on any atom is -0.507 e. The summed E-state index contributed by atoms with van der Waals surface area (Å²) in [5.41, 5.74) is 3.07. The summed E-state index contributed by atoms with van der Waals surface area (Å²) in [7, 11) is 0. The van der Waals surface area contributed by atoms with Gasteiger partial charge in [-0.25, -0.2) is 0 Å². The largest absolute Gasteiger partial charge is 0.507 e. The lowest BCUT2D eigenvalue weighted by Gasteiger charge is -2.58. The minimum atomic E-state index is 0.176. The van der Waals surface area contributed by atoms with Gasteiger partial charge in [0.15, 0.2) is 0 Å². The average Bonchev–Trinajstić information content (AvgIpc) is 2.72. The molecule has 32 heavy (non-hydrogen) atoms. The number of phenolic OH excluding ortho intramolecular Hbond substituents is 2. The van der Waals surface area contributed by atoms with Crippen LogP contribution in [0.4, 0.5) is 0 Å². The number of benzene rings is 2. The molecule has 0 spiro atoms. The van der Waals surface area contributed by atoms with Gasteiger partial charge in [0.25, 0.3) is 0 Å². The van der Waals surface area contributed by atoms with Crippen molar-refractivity contribution in [3.8, 4) is 11.5 Å². The molecule has 2 aromatic rings. The van der Waals surface area contributed by atoms with Crippen LogP contribution in [0.15, 0.2) is 24.3 Å². The molecule has 0 saturated heterocycles. The molecule has 0 aliphatic heterocycles. The maximum absolute atomic E-state index is 11.7. The second-order valence-corrected chi connectivity index (χ2v) is 13.4. The lowest BCUT2D eigenvalue weighted by atomic mass is 9.46. The molecule has 10 rings (SSSR count). The first kappa shape index (κ1) is 18.7. The fourth-order valence-corrected chi connectivity index (χ4v) is 11.2. The molecule has 2 N–H and O–H groups in total. The molecule has 2 nitrogen and oxygen atoms in total. The summed E-state index contributed by atoms with van der Waals surface area (Å²) in [5, 5.41) is 24.7. The predicted octanol–water partition coefficient (Wildman–Crippen LogP) is 7.19. The van der Waals surface area contributed by atoms with E-state index in [1.807, 2.05) is 12.1 Å². The van der Waals surface area contributed by atoms with Gasteiger partial charge in [0.2, 0.25) is 0 Å². The van der Waals surface area contributed by atoms with Crippen LogP contribution in [0.2, 0.25) is 0 Å². The topological polar surface area (TPSA) is 40.5 Å². The number of hydrogen-bond donors (Lipinski definition) is 2. The minimum absolute atomic E-state index is 0.176. The Kier molecular flexibility index (Phi) is 3.53. The average molecular weight is 429 g/mol. The van der Waals surface area contributed by atoms with Gasteiger partial charge >= 0.3 is 0 Å². The van der Waals surface area contributed by atoms with E-state index in [4.69, 9.17) is 0 Å². The van der Waals surface area contributed by atoms with E-state index in [1.165, 1.54) is 88.2 Å². The Hall–Kier alpha value is -1.70. The Labute approximate surface area is 191 Å². The maximum atomic E-state index is 11.7. The standard InChI is InChI=1S/C30H36O2/c31-26-3-1-2-23-27(26)24(29-11-17-4-18(12-29)6-19(5-17)13-29)10-25(28(23)32)30-14-20-7-21(15-30)9-22(8-20)16-30/h1-3,10,17-22,31-32H,4-9,11-16H2. The Bertz CT molecular complexity index is 1060. The third kappa shape index (κ3) is 2.37. The summed E-state index contributed by atoms with van der Waals surface area (Å²) < 4.78 is 0. The van der Waals surface area contributed by atoms with Crippen molar-refractivity contribution in [2.75, 3.05) is 0 Å². The number of phenols is 2. The number of aromatic hydroxyl groups is 2. The van der Waals surface area contributed by atoms with Crippen molar-refractivity contribution in [3.63, 3.8) is 0 Å². The van der Waals surface area contributed by atoms with Gasteiger partial charge in [-0.15, -0.1) is 0 Å². The molecule has 0 radical (unpaired) electrons. The SMILES string of the molecule is Oc1c(C23CC4CC(CC(C4)C2)C3)cc(C23CC4CC(CC(C4)C2)C3)c2c(O)cccc12.